The average molecular weight is 976 g/mol. The van der Waals surface area contributed by atoms with E-state index >= 15 is 0 Å². The minimum Gasteiger partial charge on any atom is -0.462 e. The molecule has 0 unspecified atom stereocenters. The van der Waals surface area contributed by atoms with Crippen molar-refractivity contribution in [2.75, 3.05) is 13.2 Å². The summed E-state index contributed by atoms with van der Waals surface area (Å²) in [5.41, 5.74) is 0. The Morgan fingerprint density at radius 1 is 0.275 bits per heavy atom. The summed E-state index contributed by atoms with van der Waals surface area (Å²) in [6.07, 6.45) is 63.9. The lowest BCUT2D eigenvalue weighted by Crippen LogP contribution is -2.30. The van der Waals surface area contributed by atoms with Crippen molar-refractivity contribution in [3.63, 3.8) is 0 Å². The van der Waals surface area contributed by atoms with E-state index in [-0.39, 0.29) is 31.1 Å². The van der Waals surface area contributed by atoms with E-state index in [2.05, 4.69) is 27.7 Å². The van der Waals surface area contributed by atoms with E-state index in [1.807, 2.05) is 0 Å². The maximum Gasteiger partial charge on any atom is 0.306 e. The average Bonchev–Trinajstić information content (AvgIpc) is 3.34. The summed E-state index contributed by atoms with van der Waals surface area (Å²) in [4.78, 5) is 38.3. The van der Waals surface area contributed by atoms with E-state index < -0.39 is 6.10 Å². The minimum atomic E-state index is -0.763. The molecule has 0 aromatic heterocycles. The number of carbonyl (C=O) groups excluding carboxylic acids is 3. The molecule has 6 nitrogen and oxygen atoms in total. The molecule has 0 saturated carbocycles. The molecule has 0 heterocycles. The largest absolute Gasteiger partial charge is 0.462 e. The number of rotatable bonds is 58. The molecule has 0 aliphatic rings. The molecular formula is C63H122O6. The van der Waals surface area contributed by atoms with E-state index in [9.17, 15) is 14.4 Å². The Kier molecular flexibility index (Phi) is 56.0. The fraction of sp³-hybridized carbons (Fsp3) is 0.952. The molecule has 0 aromatic carbocycles. The zero-order chi connectivity index (χ0) is 50.2. The highest BCUT2D eigenvalue weighted by molar-refractivity contribution is 5.71. The molecule has 0 aliphatic heterocycles. The molecule has 6 heteroatoms. The van der Waals surface area contributed by atoms with Crippen molar-refractivity contribution >= 4 is 17.9 Å². The monoisotopic (exact) mass is 975 g/mol. The molecule has 0 aromatic rings. The van der Waals surface area contributed by atoms with Crippen LogP contribution in [0.25, 0.3) is 0 Å². The van der Waals surface area contributed by atoms with Crippen LogP contribution in [0.2, 0.25) is 0 Å². The Hall–Kier alpha value is -1.59. The Morgan fingerprint density at radius 2 is 0.478 bits per heavy atom. The van der Waals surface area contributed by atoms with Gasteiger partial charge in [0.2, 0.25) is 0 Å². The molecule has 0 amide bonds. The van der Waals surface area contributed by atoms with Crippen LogP contribution in [0.3, 0.4) is 0 Å². The number of esters is 3. The maximum absolute atomic E-state index is 12.9. The molecule has 0 spiro atoms. The zero-order valence-electron chi connectivity index (χ0n) is 47.3. The Labute approximate surface area is 431 Å². The first kappa shape index (κ1) is 67.4. The molecule has 1 atom stereocenters. The van der Waals surface area contributed by atoms with E-state index in [0.717, 1.165) is 63.7 Å². The van der Waals surface area contributed by atoms with Gasteiger partial charge in [-0.15, -0.1) is 0 Å². The van der Waals surface area contributed by atoms with Gasteiger partial charge in [0.05, 0.1) is 0 Å². The smallest absolute Gasteiger partial charge is 0.306 e. The summed E-state index contributed by atoms with van der Waals surface area (Å²) in [6, 6.07) is 0. The van der Waals surface area contributed by atoms with Crippen LogP contribution in [0, 0.1) is 5.92 Å². The van der Waals surface area contributed by atoms with Crippen LogP contribution in [0.5, 0.6) is 0 Å². The van der Waals surface area contributed by atoms with Gasteiger partial charge in [0.25, 0.3) is 0 Å². The second-order valence-electron chi connectivity index (χ2n) is 22.2. The Bertz CT molecular complexity index is 1040. The second-order valence-corrected chi connectivity index (χ2v) is 22.2. The molecule has 0 N–H and O–H groups in total. The van der Waals surface area contributed by atoms with Gasteiger partial charge in [-0.2, -0.15) is 0 Å². The maximum atomic E-state index is 12.9. The van der Waals surface area contributed by atoms with Gasteiger partial charge in [0.15, 0.2) is 6.10 Å². The topological polar surface area (TPSA) is 78.9 Å². The lowest BCUT2D eigenvalue weighted by Gasteiger charge is -2.18. The van der Waals surface area contributed by atoms with Crippen molar-refractivity contribution in [2.45, 2.75) is 368 Å². The van der Waals surface area contributed by atoms with Crippen molar-refractivity contribution < 1.29 is 28.6 Å². The van der Waals surface area contributed by atoms with Gasteiger partial charge in [-0.3, -0.25) is 14.4 Å². The van der Waals surface area contributed by atoms with Crippen molar-refractivity contribution in [1.82, 2.24) is 0 Å². The number of carbonyl (C=O) groups is 3. The summed E-state index contributed by atoms with van der Waals surface area (Å²) < 4.78 is 16.9. The van der Waals surface area contributed by atoms with Gasteiger partial charge in [0, 0.05) is 19.3 Å². The van der Waals surface area contributed by atoms with Crippen LogP contribution in [-0.2, 0) is 28.6 Å². The van der Waals surface area contributed by atoms with Gasteiger partial charge in [-0.1, -0.05) is 323 Å². The normalized spacial score (nSPS) is 12.0. The van der Waals surface area contributed by atoms with Gasteiger partial charge in [-0.25, -0.2) is 0 Å². The molecule has 0 saturated heterocycles. The summed E-state index contributed by atoms with van der Waals surface area (Å²) in [5.74, 6) is -0.00343. The van der Waals surface area contributed by atoms with Gasteiger partial charge in [0.1, 0.15) is 13.2 Å². The molecular weight excluding hydrogens is 853 g/mol. The second kappa shape index (κ2) is 57.3. The highest BCUT2D eigenvalue weighted by Crippen LogP contribution is 2.19. The van der Waals surface area contributed by atoms with Crippen molar-refractivity contribution in [1.29, 1.82) is 0 Å². The summed E-state index contributed by atoms with van der Waals surface area (Å²) in [7, 11) is 0. The quantitative estimate of drug-likeness (QED) is 0.0343. The third-order valence-corrected chi connectivity index (χ3v) is 14.5. The van der Waals surface area contributed by atoms with E-state index in [0.29, 0.717) is 19.3 Å². The summed E-state index contributed by atoms with van der Waals surface area (Å²) in [5, 5.41) is 0. The zero-order valence-corrected chi connectivity index (χ0v) is 47.3. The minimum absolute atomic E-state index is 0.0615. The van der Waals surface area contributed by atoms with Gasteiger partial charge in [-0.05, 0) is 25.2 Å². The first-order valence-corrected chi connectivity index (χ1v) is 31.4. The molecule has 0 fully saturated rings. The predicted molar refractivity (Wildman–Crippen MR) is 298 cm³/mol. The predicted octanol–water partition coefficient (Wildman–Crippen LogP) is 21.0. The van der Waals surface area contributed by atoms with Gasteiger partial charge >= 0.3 is 17.9 Å². The highest BCUT2D eigenvalue weighted by atomic mass is 16.6. The molecule has 0 bridgehead atoms. The van der Waals surface area contributed by atoms with Gasteiger partial charge < -0.3 is 14.2 Å². The summed E-state index contributed by atoms with van der Waals surface area (Å²) in [6.45, 7) is 9.07. The first-order chi connectivity index (χ1) is 33.9. The Morgan fingerprint density at radius 3 is 0.710 bits per heavy atom. The molecule has 69 heavy (non-hydrogen) atoms. The number of unbranched alkanes of at least 4 members (excludes halogenated alkanes) is 45. The number of hydrogen-bond acceptors (Lipinski definition) is 6. The van der Waals surface area contributed by atoms with Crippen molar-refractivity contribution in [3.05, 3.63) is 0 Å². The standard InChI is InChI=1S/C63H122O6/c1-5-7-9-11-13-15-17-19-21-23-25-27-28-30-34-38-42-46-50-54-61(64)67-57-60(58-68-62(65)55-51-47-43-39-36-32-33-37-41-45-49-53-59(3)4)69-63(66)56-52-48-44-40-35-31-29-26-24-22-20-18-16-14-12-10-8-6-2/h59-60H,5-58H2,1-4H3/t60-/m1/s1. The molecule has 0 radical (unpaired) electrons. The first-order valence-electron chi connectivity index (χ1n) is 31.4. The fourth-order valence-electron chi connectivity index (χ4n) is 9.81. The third kappa shape index (κ3) is 57.2. The van der Waals surface area contributed by atoms with Crippen molar-refractivity contribution in [3.8, 4) is 0 Å². The van der Waals surface area contributed by atoms with E-state index in [1.54, 1.807) is 0 Å². The van der Waals surface area contributed by atoms with Crippen LogP contribution < -0.4 is 0 Å². The van der Waals surface area contributed by atoms with Crippen molar-refractivity contribution in [2.24, 2.45) is 5.92 Å². The highest BCUT2D eigenvalue weighted by Gasteiger charge is 2.19. The fourth-order valence-corrected chi connectivity index (χ4v) is 9.81. The van der Waals surface area contributed by atoms with Crippen LogP contribution in [0.4, 0.5) is 0 Å². The molecule has 410 valence electrons. The SMILES string of the molecule is CCCCCCCCCCCCCCCCCCCCCC(=O)OC[C@H](COC(=O)CCCCCCCCCCCCCC(C)C)OC(=O)CCCCCCCCCCCCCCCCCCCC. The van der Waals surface area contributed by atoms with Crippen LogP contribution in [0.15, 0.2) is 0 Å². The Balaban J connectivity index is 4.27. The molecule has 0 rings (SSSR count). The van der Waals surface area contributed by atoms with Crippen LogP contribution in [-0.4, -0.2) is 37.2 Å². The lowest BCUT2D eigenvalue weighted by molar-refractivity contribution is -0.167. The molecule has 0 aliphatic carbocycles. The third-order valence-electron chi connectivity index (χ3n) is 14.5. The van der Waals surface area contributed by atoms with Crippen LogP contribution >= 0.6 is 0 Å². The summed E-state index contributed by atoms with van der Waals surface area (Å²) >= 11 is 0. The number of ether oxygens (including phenoxy) is 3. The van der Waals surface area contributed by atoms with E-state index in [4.69, 9.17) is 14.2 Å². The van der Waals surface area contributed by atoms with E-state index in [1.165, 1.54) is 257 Å². The number of hydrogen-bond donors (Lipinski definition) is 0. The lowest BCUT2D eigenvalue weighted by atomic mass is 10.0. The van der Waals surface area contributed by atoms with Crippen LogP contribution in [0.1, 0.15) is 362 Å².